The Morgan fingerprint density at radius 3 is 2.29 bits per heavy atom. The molecule has 1 fully saturated rings. The predicted octanol–water partition coefficient (Wildman–Crippen LogP) is 8.83. The van der Waals surface area contributed by atoms with Crippen LogP contribution in [0.2, 0.25) is 0 Å². The average molecular weight is 655 g/mol. The summed E-state index contributed by atoms with van der Waals surface area (Å²) >= 11 is 0. The fourth-order valence-electron chi connectivity index (χ4n) is 6.01. The topological polar surface area (TPSA) is 96.8 Å². The molecule has 0 aliphatic carbocycles. The Bertz CT molecular complexity index is 1720. The van der Waals surface area contributed by atoms with Crippen LogP contribution in [0.5, 0.6) is 5.75 Å². The highest BCUT2D eigenvalue weighted by Gasteiger charge is 2.37. The number of aromatic nitrogens is 2. The Labute approximate surface area is 283 Å². The average Bonchev–Trinajstić information content (AvgIpc) is 3.02. The summed E-state index contributed by atoms with van der Waals surface area (Å²) in [7, 11) is 0. The van der Waals surface area contributed by atoms with Gasteiger partial charge < -0.3 is 24.8 Å². The molecular weight excluding hydrogens is 607 g/mol. The van der Waals surface area contributed by atoms with Gasteiger partial charge in [-0.3, -0.25) is 0 Å². The SMILES string of the molecule is Cc1cccnc1Nc1nc(C)c(C(OC(C)(C)C)C(=O)O)c(N2CCC(C)(C)CC2)c1-c1ccc(OCCc2ccc(F)cc2)cc1. The van der Waals surface area contributed by atoms with E-state index in [1.165, 1.54) is 12.1 Å². The van der Waals surface area contributed by atoms with Gasteiger partial charge in [-0.1, -0.05) is 44.2 Å². The maximum absolute atomic E-state index is 13.3. The summed E-state index contributed by atoms with van der Waals surface area (Å²) in [6.07, 6.45) is 3.05. The molecule has 2 N–H and O–H groups in total. The van der Waals surface area contributed by atoms with Gasteiger partial charge in [0.2, 0.25) is 0 Å². The normalized spacial score (nSPS) is 15.2. The fourth-order valence-corrected chi connectivity index (χ4v) is 6.01. The lowest BCUT2D eigenvalue weighted by Gasteiger charge is -2.41. The third-order valence-electron chi connectivity index (χ3n) is 8.75. The minimum absolute atomic E-state index is 0.173. The summed E-state index contributed by atoms with van der Waals surface area (Å²) < 4.78 is 25.7. The van der Waals surface area contributed by atoms with E-state index in [0.29, 0.717) is 41.7 Å². The van der Waals surface area contributed by atoms with Gasteiger partial charge in [0, 0.05) is 42.5 Å². The Balaban J connectivity index is 1.63. The van der Waals surface area contributed by atoms with Crippen molar-refractivity contribution in [3.8, 4) is 16.9 Å². The highest BCUT2D eigenvalue weighted by atomic mass is 19.1. The van der Waals surface area contributed by atoms with E-state index in [2.05, 4.69) is 29.0 Å². The number of carboxylic acid groups (broad SMARTS) is 1. The van der Waals surface area contributed by atoms with Gasteiger partial charge in [-0.05, 0) is 99.9 Å². The number of aryl methyl sites for hydroxylation is 2. The highest BCUT2D eigenvalue weighted by Crippen LogP contribution is 2.47. The monoisotopic (exact) mass is 654 g/mol. The zero-order chi connectivity index (χ0) is 34.6. The van der Waals surface area contributed by atoms with E-state index in [9.17, 15) is 14.3 Å². The van der Waals surface area contributed by atoms with E-state index >= 15 is 0 Å². The number of ether oxygens (including phenoxy) is 2. The fraction of sp³-hybridized carbons (Fsp3) is 0.410. The minimum atomic E-state index is -1.24. The lowest BCUT2D eigenvalue weighted by molar-refractivity contribution is -0.160. The van der Waals surface area contributed by atoms with Crippen LogP contribution < -0.4 is 15.0 Å². The molecule has 4 aromatic rings. The van der Waals surface area contributed by atoms with E-state index in [1.54, 1.807) is 18.3 Å². The number of nitrogens with zero attached hydrogens (tertiary/aromatic N) is 3. The molecule has 1 saturated heterocycles. The van der Waals surface area contributed by atoms with Gasteiger partial charge in [0.1, 0.15) is 23.2 Å². The molecule has 0 spiro atoms. The van der Waals surface area contributed by atoms with E-state index in [1.807, 2.05) is 71.0 Å². The number of nitrogens with one attached hydrogen (secondary N) is 1. The smallest absolute Gasteiger partial charge is 0.337 e. The summed E-state index contributed by atoms with van der Waals surface area (Å²) in [6, 6.07) is 18.1. The molecule has 0 radical (unpaired) electrons. The molecule has 1 atom stereocenters. The van der Waals surface area contributed by atoms with Crippen molar-refractivity contribution < 1.29 is 23.8 Å². The first-order chi connectivity index (χ1) is 22.7. The molecule has 3 heterocycles. The number of piperidine rings is 1. The molecule has 254 valence electrons. The van der Waals surface area contributed by atoms with Crippen LogP contribution in [0.15, 0.2) is 66.9 Å². The van der Waals surface area contributed by atoms with Gasteiger partial charge in [-0.2, -0.15) is 0 Å². The van der Waals surface area contributed by atoms with Crippen molar-refractivity contribution in [2.24, 2.45) is 5.41 Å². The first kappa shape index (κ1) is 34.8. The molecule has 0 amide bonds. The van der Waals surface area contributed by atoms with Gasteiger partial charge in [-0.15, -0.1) is 0 Å². The van der Waals surface area contributed by atoms with Crippen molar-refractivity contribution in [2.45, 2.75) is 79.4 Å². The first-order valence-electron chi connectivity index (χ1n) is 16.6. The second kappa shape index (κ2) is 14.3. The molecule has 1 unspecified atom stereocenters. The molecular formula is C39H47FN4O4. The zero-order valence-electron chi connectivity index (χ0n) is 29.1. The maximum Gasteiger partial charge on any atom is 0.337 e. The number of carboxylic acids is 1. The molecule has 48 heavy (non-hydrogen) atoms. The number of halogens is 1. The van der Waals surface area contributed by atoms with E-state index < -0.39 is 17.7 Å². The Morgan fingerprint density at radius 2 is 1.69 bits per heavy atom. The van der Waals surface area contributed by atoms with Gasteiger partial charge in [-0.25, -0.2) is 19.2 Å². The van der Waals surface area contributed by atoms with Crippen molar-refractivity contribution in [2.75, 3.05) is 29.9 Å². The second-order valence-electron chi connectivity index (χ2n) is 14.3. The molecule has 1 aliphatic heterocycles. The number of pyridine rings is 2. The molecule has 2 aromatic carbocycles. The van der Waals surface area contributed by atoms with Crippen LogP contribution in [0.25, 0.3) is 11.1 Å². The largest absolute Gasteiger partial charge is 0.493 e. The number of hydrogen-bond acceptors (Lipinski definition) is 7. The lowest BCUT2D eigenvalue weighted by Crippen LogP contribution is -2.39. The van der Waals surface area contributed by atoms with Crippen LogP contribution in [0.3, 0.4) is 0 Å². The number of hydrogen-bond donors (Lipinski definition) is 2. The van der Waals surface area contributed by atoms with Gasteiger partial charge in [0.15, 0.2) is 6.10 Å². The molecule has 0 saturated carbocycles. The number of aliphatic carboxylic acids is 1. The Hall–Kier alpha value is -4.50. The summed E-state index contributed by atoms with van der Waals surface area (Å²) in [5, 5.41) is 14.1. The van der Waals surface area contributed by atoms with Crippen molar-refractivity contribution in [1.82, 2.24) is 9.97 Å². The maximum atomic E-state index is 13.3. The van der Waals surface area contributed by atoms with Crippen molar-refractivity contribution in [3.63, 3.8) is 0 Å². The van der Waals surface area contributed by atoms with Gasteiger partial charge >= 0.3 is 5.97 Å². The Morgan fingerprint density at radius 1 is 1.02 bits per heavy atom. The number of benzene rings is 2. The third-order valence-corrected chi connectivity index (χ3v) is 8.75. The van der Waals surface area contributed by atoms with Gasteiger partial charge in [0.05, 0.1) is 17.9 Å². The number of rotatable bonds is 11. The number of anilines is 3. The summed E-state index contributed by atoms with van der Waals surface area (Å²) in [6.45, 7) is 15.9. The van der Waals surface area contributed by atoms with Crippen LogP contribution in [0.1, 0.15) is 75.9 Å². The predicted molar refractivity (Wildman–Crippen MR) is 189 cm³/mol. The molecule has 5 rings (SSSR count). The van der Waals surface area contributed by atoms with E-state index in [0.717, 1.165) is 53.9 Å². The third kappa shape index (κ3) is 8.50. The summed E-state index contributed by atoms with van der Waals surface area (Å²) in [4.78, 5) is 24.9. The number of carbonyl (C=O) groups is 1. The standard InChI is InChI=1S/C39H47FN4O4/c1-25-9-8-21-41-35(25)43-36-32(28-12-16-30(17-13-28)47-24-18-27-10-14-29(40)15-11-27)33(44-22-19-39(6,7)20-23-44)31(26(2)42-36)34(37(45)46)48-38(3,4)5/h8-17,21,34H,18-20,22-24H2,1-7H3,(H,45,46)(H,41,42,43). The van der Waals surface area contributed by atoms with Gasteiger partial charge in [0.25, 0.3) is 0 Å². The van der Waals surface area contributed by atoms with Crippen LogP contribution in [0.4, 0.5) is 21.7 Å². The highest BCUT2D eigenvalue weighted by molar-refractivity contribution is 5.93. The first-order valence-corrected chi connectivity index (χ1v) is 16.6. The van der Waals surface area contributed by atoms with Crippen LogP contribution in [-0.4, -0.2) is 46.3 Å². The van der Waals surface area contributed by atoms with Crippen molar-refractivity contribution in [3.05, 3.63) is 95.1 Å². The molecule has 2 aromatic heterocycles. The molecule has 8 nitrogen and oxygen atoms in total. The summed E-state index contributed by atoms with van der Waals surface area (Å²) in [5.74, 6) is 0.624. The molecule has 9 heteroatoms. The second-order valence-corrected chi connectivity index (χ2v) is 14.3. The zero-order valence-corrected chi connectivity index (χ0v) is 29.1. The van der Waals surface area contributed by atoms with E-state index in [4.69, 9.17) is 14.5 Å². The van der Waals surface area contributed by atoms with Crippen LogP contribution in [-0.2, 0) is 16.0 Å². The molecule has 1 aliphatic rings. The van der Waals surface area contributed by atoms with Crippen molar-refractivity contribution >= 4 is 23.3 Å². The van der Waals surface area contributed by atoms with Crippen molar-refractivity contribution in [1.29, 1.82) is 0 Å². The molecule has 0 bridgehead atoms. The van der Waals surface area contributed by atoms with E-state index in [-0.39, 0.29) is 11.2 Å². The summed E-state index contributed by atoms with van der Waals surface area (Å²) in [5.41, 5.74) is 4.96. The van der Waals surface area contributed by atoms with Crippen LogP contribution >= 0.6 is 0 Å². The minimum Gasteiger partial charge on any atom is -0.493 e. The van der Waals surface area contributed by atoms with Crippen LogP contribution in [0, 0.1) is 25.1 Å². The lowest BCUT2D eigenvalue weighted by atomic mass is 9.82. The Kier molecular flexibility index (Phi) is 10.4. The quantitative estimate of drug-likeness (QED) is 0.166.